The van der Waals surface area contributed by atoms with E-state index in [0.717, 1.165) is 3.57 Å². The van der Waals surface area contributed by atoms with Crippen LogP contribution in [0.2, 0.25) is 5.02 Å². The van der Waals surface area contributed by atoms with E-state index in [-0.39, 0.29) is 6.09 Å². The van der Waals surface area contributed by atoms with Crippen molar-refractivity contribution < 1.29 is 9.53 Å². The monoisotopic (exact) mass is 353 g/mol. The van der Waals surface area contributed by atoms with Crippen LogP contribution in [0, 0.1) is 3.57 Å². The van der Waals surface area contributed by atoms with Gasteiger partial charge in [-0.25, -0.2) is 4.79 Å². The Hall–Kier alpha value is -0.490. The molecule has 0 saturated carbocycles. The molecule has 0 unspecified atom stereocenters. The van der Waals surface area contributed by atoms with Crippen LogP contribution in [0.15, 0.2) is 18.2 Å². The normalized spacial score (nSPS) is 10.0. The Balaban J connectivity index is 2.80. The molecule has 0 saturated heterocycles. The number of benzene rings is 1. The van der Waals surface area contributed by atoms with Crippen LogP contribution in [0.4, 0.5) is 4.79 Å². The van der Waals surface area contributed by atoms with E-state index in [4.69, 9.17) is 16.3 Å². The third-order valence-corrected chi connectivity index (χ3v) is 3.74. The molecule has 0 atom stereocenters. The lowest BCUT2D eigenvalue weighted by atomic mass is 10.3. The predicted octanol–water partition coefficient (Wildman–Crippen LogP) is 3.79. The number of amides is 1. The Bertz CT molecular complexity index is 380. The lowest BCUT2D eigenvalue weighted by molar-refractivity contribution is 0.157. The van der Waals surface area contributed by atoms with Crippen molar-refractivity contribution in [3.05, 3.63) is 26.8 Å². The molecular formula is C11H13ClINO2. The van der Waals surface area contributed by atoms with Gasteiger partial charge in [0.05, 0.1) is 5.02 Å². The highest BCUT2D eigenvalue weighted by atomic mass is 127. The third-order valence-electron chi connectivity index (χ3n) is 2.14. The van der Waals surface area contributed by atoms with Gasteiger partial charge in [-0.1, -0.05) is 17.7 Å². The smallest absolute Gasteiger partial charge is 0.409 e. The van der Waals surface area contributed by atoms with Crippen molar-refractivity contribution in [2.45, 2.75) is 13.8 Å². The second-order valence-corrected chi connectivity index (χ2v) is 4.63. The Morgan fingerprint density at radius 1 is 1.44 bits per heavy atom. The Morgan fingerprint density at radius 2 is 2.06 bits per heavy atom. The molecule has 0 aromatic heterocycles. The molecule has 1 aromatic carbocycles. The SMILES string of the molecule is CCN(CC)C(=O)Oc1cccc(I)c1Cl. The molecule has 0 fully saturated rings. The van der Waals surface area contributed by atoms with E-state index in [2.05, 4.69) is 22.6 Å². The number of halogens is 2. The molecule has 3 nitrogen and oxygen atoms in total. The summed E-state index contributed by atoms with van der Waals surface area (Å²) >= 11 is 8.12. The molecule has 0 bridgehead atoms. The van der Waals surface area contributed by atoms with E-state index in [9.17, 15) is 4.79 Å². The zero-order valence-electron chi connectivity index (χ0n) is 9.17. The molecule has 0 N–H and O–H groups in total. The summed E-state index contributed by atoms with van der Waals surface area (Å²) < 4.78 is 6.09. The number of ether oxygens (including phenoxy) is 1. The fourth-order valence-corrected chi connectivity index (χ4v) is 1.84. The molecule has 16 heavy (non-hydrogen) atoms. The summed E-state index contributed by atoms with van der Waals surface area (Å²) in [4.78, 5) is 13.3. The molecule has 1 rings (SSSR count). The predicted molar refractivity (Wildman–Crippen MR) is 73.1 cm³/mol. The average Bonchev–Trinajstić information content (AvgIpc) is 2.26. The fraction of sp³-hybridized carbons (Fsp3) is 0.364. The summed E-state index contributed by atoms with van der Waals surface area (Å²) in [6.45, 7) is 5.05. The maximum atomic E-state index is 11.7. The summed E-state index contributed by atoms with van der Waals surface area (Å²) in [5.41, 5.74) is 0. The van der Waals surface area contributed by atoms with Crippen molar-refractivity contribution in [3.63, 3.8) is 0 Å². The zero-order valence-corrected chi connectivity index (χ0v) is 12.1. The molecule has 5 heteroatoms. The lowest BCUT2D eigenvalue weighted by Crippen LogP contribution is -2.33. The van der Waals surface area contributed by atoms with Crippen molar-refractivity contribution in [2.75, 3.05) is 13.1 Å². The maximum absolute atomic E-state index is 11.7. The molecule has 0 heterocycles. The summed E-state index contributed by atoms with van der Waals surface area (Å²) in [6.07, 6.45) is -0.367. The molecule has 0 aliphatic heterocycles. The minimum Gasteiger partial charge on any atom is -0.409 e. The first-order chi connectivity index (χ1) is 7.60. The molecule has 1 aromatic rings. The van der Waals surface area contributed by atoms with Gasteiger partial charge in [-0.2, -0.15) is 0 Å². The van der Waals surface area contributed by atoms with Crippen molar-refractivity contribution in [3.8, 4) is 5.75 Å². The van der Waals surface area contributed by atoms with Crippen molar-refractivity contribution in [1.29, 1.82) is 0 Å². The molecule has 0 aliphatic carbocycles. The molecule has 0 radical (unpaired) electrons. The van der Waals surface area contributed by atoms with Crippen molar-refractivity contribution in [2.24, 2.45) is 0 Å². The summed E-state index contributed by atoms with van der Waals surface area (Å²) in [6, 6.07) is 5.35. The van der Waals surface area contributed by atoms with Crippen LogP contribution < -0.4 is 4.74 Å². The van der Waals surface area contributed by atoms with Crippen LogP contribution in [-0.2, 0) is 0 Å². The van der Waals surface area contributed by atoms with Crippen LogP contribution in [0.5, 0.6) is 5.75 Å². The first-order valence-electron chi connectivity index (χ1n) is 5.00. The summed E-state index contributed by atoms with van der Waals surface area (Å²) in [5.74, 6) is 0.408. The minimum absolute atomic E-state index is 0.367. The summed E-state index contributed by atoms with van der Waals surface area (Å²) in [7, 11) is 0. The topological polar surface area (TPSA) is 29.5 Å². The molecular weight excluding hydrogens is 340 g/mol. The highest BCUT2D eigenvalue weighted by Gasteiger charge is 2.14. The van der Waals surface area contributed by atoms with Crippen LogP contribution in [0.25, 0.3) is 0 Å². The molecule has 0 spiro atoms. The molecule has 1 amide bonds. The van der Waals surface area contributed by atoms with Crippen molar-refractivity contribution in [1.82, 2.24) is 4.90 Å². The number of hydrogen-bond donors (Lipinski definition) is 0. The first kappa shape index (κ1) is 13.6. The van der Waals surface area contributed by atoms with Gasteiger partial charge < -0.3 is 9.64 Å². The van der Waals surface area contributed by atoms with Gasteiger partial charge in [0.2, 0.25) is 0 Å². The number of carbonyl (C=O) groups is 1. The van der Waals surface area contributed by atoms with Gasteiger partial charge in [0.25, 0.3) is 0 Å². The number of carbonyl (C=O) groups excluding carboxylic acids is 1. The third kappa shape index (κ3) is 3.25. The van der Waals surface area contributed by atoms with E-state index in [1.54, 1.807) is 17.0 Å². The van der Waals surface area contributed by atoms with Gasteiger partial charge in [-0.15, -0.1) is 0 Å². The number of hydrogen-bond acceptors (Lipinski definition) is 2. The second-order valence-electron chi connectivity index (χ2n) is 3.09. The highest BCUT2D eigenvalue weighted by Crippen LogP contribution is 2.29. The van der Waals surface area contributed by atoms with Crippen molar-refractivity contribution >= 4 is 40.3 Å². The van der Waals surface area contributed by atoms with Gasteiger partial charge >= 0.3 is 6.09 Å². The van der Waals surface area contributed by atoms with Gasteiger partial charge in [-0.05, 0) is 48.6 Å². The first-order valence-corrected chi connectivity index (χ1v) is 6.46. The van der Waals surface area contributed by atoms with Crippen LogP contribution in [0.1, 0.15) is 13.8 Å². The Morgan fingerprint density at radius 3 is 2.62 bits per heavy atom. The van der Waals surface area contributed by atoms with Crippen LogP contribution in [-0.4, -0.2) is 24.1 Å². The van der Waals surface area contributed by atoms with E-state index < -0.39 is 0 Å². The van der Waals surface area contributed by atoms with Gasteiger partial charge in [-0.3, -0.25) is 0 Å². The Kier molecular flexibility index (Phi) is 5.34. The minimum atomic E-state index is -0.367. The van der Waals surface area contributed by atoms with E-state index in [1.165, 1.54) is 0 Å². The maximum Gasteiger partial charge on any atom is 0.415 e. The average molecular weight is 354 g/mol. The van der Waals surface area contributed by atoms with Gasteiger partial charge in [0, 0.05) is 16.7 Å². The molecule has 88 valence electrons. The Labute approximate surface area is 114 Å². The zero-order chi connectivity index (χ0) is 12.1. The van der Waals surface area contributed by atoms with Gasteiger partial charge in [0.1, 0.15) is 0 Å². The standard InChI is InChI=1S/C11H13ClINO2/c1-3-14(4-2)11(15)16-9-7-5-6-8(13)10(9)12/h5-7H,3-4H2,1-2H3. The largest absolute Gasteiger partial charge is 0.415 e. The van der Waals surface area contributed by atoms with Crippen LogP contribution in [0.3, 0.4) is 0 Å². The fourth-order valence-electron chi connectivity index (χ4n) is 1.20. The molecule has 0 aliphatic rings. The lowest BCUT2D eigenvalue weighted by Gasteiger charge is -2.18. The number of rotatable bonds is 3. The van der Waals surface area contributed by atoms with E-state index in [1.807, 2.05) is 19.9 Å². The van der Waals surface area contributed by atoms with Crippen LogP contribution >= 0.6 is 34.2 Å². The quantitative estimate of drug-likeness (QED) is 0.774. The highest BCUT2D eigenvalue weighted by molar-refractivity contribution is 14.1. The second kappa shape index (κ2) is 6.30. The van der Waals surface area contributed by atoms with E-state index in [0.29, 0.717) is 23.9 Å². The number of nitrogens with zero attached hydrogens (tertiary/aromatic N) is 1. The van der Waals surface area contributed by atoms with E-state index >= 15 is 0 Å². The van der Waals surface area contributed by atoms with Gasteiger partial charge in [0.15, 0.2) is 5.75 Å². The summed E-state index contributed by atoms with van der Waals surface area (Å²) in [5, 5.41) is 0.476.